The van der Waals surface area contributed by atoms with E-state index in [1.54, 1.807) is 24.3 Å². The molecule has 8 heteroatoms. The number of Topliss-reactive ketones (excluding diaryl/α,β-unsaturated/α-hetero) is 1. The minimum atomic E-state index is -1.32. The number of carbonyl (C=O) groups excluding carboxylic acids is 1. The first-order valence-electron chi connectivity index (χ1n) is 8.33. The van der Waals surface area contributed by atoms with Gasteiger partial charge in [0.1, 0.15) is 13.6 Å². The number of ketones is 1. The summed E-state index contributed by atoms with van der Waals surface area (Å²) in [6.07, 6.45) is 3.53. The lowest BCUT2D eigenvalue weighted by atomic mass is 9.93. The standard InChI is InChI=1S/C18H19BN2O4S/c1-25-17-10-13(19)4-6-15(17)16(22)12-20-11-14(5-7-18(20)23)26(24)21-8-2-3-9-21/h4-7,10-11H,2-3,8-9,12H2,1H3. The molecule has 0 aliphatic carbocycles. The number of pyridine rings is 1. The van der Waals surface area contributed by atoms with E-state index in [1.807, 2.05) is 4.31 Å². The van der Waals surface area contributed by atoms with E-state index in [2.05, 4.69) is 0 Å². The van der Waals surface area contributed by atoms with Gasteiger partial charge in [-0.1, -0.05) is 11.5 Å². The van der Waals surface area contributed by atoms with Crippen LogP contribution in [0.25, 0.3) is 0 Å². The highest BCUT2D eigenvalue weighted by Crippen LogP contribution is 2.20. The van der Waals surface area contributed by atoms with E-state index in [1.165, 1.54) is 23.9 Å². The molecule has 6 nitrogen and oxygen atoms in total. The summed E-state index contributed by atoms with van der Waals surface area (Å²) in [5.74, 6) is 0.0768. The Balaban J connectivity index is 1.84. The van der Waals surface area contributed by atoms with E-state index in [9.17, 15) is 14.1 Å². The van der Waals surface area contributed by atoms with Gasteiger partial charge in [-0.05, 0) is 25.0 Å². The second-order valence-electron chi connectivity index (χ2n) is 6.10. The second kappa shape index (κ2) is 8.12. The number of benzene rings is 1. The molecule has 1 aromatic heterocycles. The molecule has 1 aliphatic heterocycles. The van der Waals surface area contributed by atoms with Crippen LogP contribution in [0.15, 0.2) is 46.2 Å². The largest absolute Gasteiger partial charge is 0.593 e. The third-order valence-electron chi connectivity index (χ3n) is 4.30. The highest BCUT2D eigenvalue weighted by Gasteiger charge is 2.26. The molecule has 2 radical (unpaired) electrons. The number of hydrogen-bond acceptors (Lipinski definition) is 5. The van der Waals surface area contributed by atoms with Crippen molar-refractivity contribution in [2.24, 2.45) is 0 Å². The number of aromatic nitrogens is 1. The summed E-state index contributed by atoms with van der Waals surface area (Å²) < 4.78 is 21.0. The average Bonchev–Trinajstić information content (AvgIpc) is 3.17. The van der Waals surface area contributed by atoms with Gasteiger partial charge in [0.25, 0.3) is 5.56 Å². The minimum Gasteiger partial charge on any atom is -0.593 e. The summed E-state index contributed by atoms with van der Waals surface area (Å²) in [6, 6.07) is 7.65. The van der Waals surface area contributed by atoms with Gasteiger partial charge in [-0.2, -0.15) is 0 Å². The summed E-state index contributed by atoms with van der Waals surface area (Å²) in [5, 5.41) is 0. The molecule has 2 heterocycles. The molecular weight excluding hydrogens is 351 g/mol. The highest BCUT2D eigenvalue weighted by atomic mass is 32.2. The van der Waals surface area contributed by atoms with Crippen molar-refractivity contribution in [3.63, 3.8) is 0 Å². The van der Waals surface area contributed by atoms with Crippen LogP contribution >= 0.6 is 0 Å². The molecule has 1 fully saturated rings. The van der Waals surface area contributed by atoms with Crippen LogP contribution in [0.3, 0.4) is 0 Å². The molecule has 0 spiro atoms. The normalized spacial score (nSPS) is 15.8. The molecule has 26 heavy (non-hydrogen) atoms. The van der Waals surface area contributed by atoms with E-state index >= 15 is 0 Å². The van der Waals surface area contributed by atoms with Crippen LogP contribution in [0.2, 0.25) is 0 Å². The number of hydrogen-bond donors (Lipinski definition) is 0. The van der Waals surface area contributed by atoms with Crippen LogP contribution in [0.1, 0.15) is 23.2 Å². The van der Waals surface area contributed by atoms with Gasteiger partial charge in [0.05, 0.1) is 36.8 Å². The number of rotatable bonds is 6. The Hall–Kier alpha value is -2.03. The Labute approximate surface area is 156 Å². The topological polar surface area (TPSA) is 74.6 Å². The molecule has 1 aromatic carbocycles. The first-order chi connectivity index (χ1) is 12.5. The van der Waals surface area contributed by atoms with Gasteiger partial charge in [0.15, 0.2) is 10.7 Å². The summed E-state index contributed by atoms with van der Waals surface area (Å²) in [6.45, 7) is 1.38. The predicted octanol–water partition coefficient (Wildman–Crippen LogP) is 0.652. The predicted molar refractivity (Wildman–Crippen MR) is 101 cm³/mol. The third kappa shape index (κ3) is 4.03. The van der Waals surface area contributed by atoms with Crippen LogP contribution in [-0.2, 0) is 17.9 Å². The Morgan fingerprint density at radius 3 is 2.69 bits per heavy atom. The van der Waals surface area contributed by atoms with E-state index < -0.39 is 11.4 Å². The zero-order valence-electron chi connectivity index (χ0n) is 14.5. The Bertz CT molecular complexity index is 865. The fourth-order valence-electron chi connectivity index (χ4n) is 2.92. The van der Waals surface area contributed by atoms with Gasteiger partial charge < -0.3 is 13.9 Å². The monoisotopic (exact) mass is 370 g/mol. The lowest BCUT2D eigenvalue weighted by Crippen LogP contribution is -2.30. The van der Waals surface area contributed by atoms with Crippen LogP contribution < -0.4 is 15.8 Å². The van der Waals surface area contributed by atoms with Crippen molar-refractivity contribution in [2.75, 3.05) is 20.2 Å². The molecule has 1 saturated heterocycles. The van der Waals surface area contributed by atoms with Crippen molar-refractivity contribution in [2.45, 2.75) is 24.3 Å². The van der Waals surface area contributed by atoms with Crippen molar-refractivity contribution in [1.29, 1.82) is 0 Å². The van der Waals surface area contributed by atoms with Gasteiger partial charge in [0, 0.05) is 25.2 Å². The van der Waals surface area contributed by atoms with E-state index in [4.69, 9.17) is 12.6 Å². The van der Waals surface area contributed by atoms with E-state index in [-0.39, 0.29) is 17.9 Å². The van der Waals surface area contributed by atoms with Gasteiger partial charge in [-0.15, -0.1) is 4.31 Å². The number of methoxy groups -OCH3 is 1. The number of carbonyl (C=O) groups is 1. The maximum absolute atomic E-state index is 12.6. The Morgan fingerprint density at radius 2 is 2.00 bits per heavy atom. The van der Waals surface area contributed by atoms with Crippen molar-refractivity contribution >= 4 is 30.5 Å². The molecule has 2 aromatic rings. The lowest BCUT2D eigenvalue weighted by Gasteiger charge is -2.19. The molecule has 134 valence electrons. The highest BCUT2D eigenvalue weighted by molar-refractivity contribution is 7.89. The molecule has 0 N–H and O–H groups in total. The molecule has 1 unspecified atom stereocenters. The Kier molecular flexibility index (Phi) is 5.85. The van der Waals surface area contributed by atoms with Crippen LogP contribution in [0, 0.1) is 0 Å². The van der Waals surface area contributed by atoms with E-state index in [0.29, 0.717) is 21.7 Å². The van der Waals surface area contributed by atoms with Gasteiger partial charge in [0.2, 0.25) is 0 Å². The lowest BCUT2D eigenvalue weighted by molar-refractivity contribution is 0.0967. The van der Waals surface area contributed by atoms with Crippen molar-refractivity contribution in [3.8, 4) is 5.75 Å². The number of ether oxygens (including phenoxy) is 1. The zero-order valence-corrected chi connectivity index (χ0v) is 15.3. The fraction of sp³-hybridized carbons (Fsp3) is 0.333. The minimum absolute atomic E-state index is 0.163. The second-order valence-corrected chi connectivity index (χ2v) is 7.59. The smallest absolute Gasteiger partial charge is 0.251 e. The zero-order chi connectivity index (χ0) is 18.7. The summed E-state index contributed by atoms with van der Waals surface area (Å²) in [4.78, 5) is 25.3. The van der Waals surface area contributed by atoms with Crippen molar-refractivity contribution in [3.05, 3.63) is 52.4 Å². The SMILES string of the molecule is [B]c1ccc(C(=O)Cn2cc([S+]([O-])N3CCCC3)ccc2=O)c(OC)c1. The van der Waals surface area contributed by atoms with Crippen LogP contribution in [0.5, 0.6) is 5.75 Å². The summed E-state index contributed by atoms with van der Waals surface area (Å²) >= 11 is -1.32. The van der Waals surface area contributed by atoms with Gasteiger partial charge in [-0.25, -0.2) is 0 Å². The van der Waals surface area contributed by atoms with Gasteiger partial charge in [-0.3, -0.25) is 9.59 Å². The molecule has 0 saturated carbocycles. The third-order valence-corrected chi connectivity index (χ3v) is 5.78. The molecule has 3 rings (SSSR count). The summed E-state index contributed by atoms with van der Waals surface area (Å²) in [7, 11) is 7.16. The van der Waals surface area contributed by atoms with E-state index in [0.717, 1.165) is 25.9 Å². The van der Waals surface area contributed by atoms with Crippen LogP contribution in [-0.4, -0.2) is 47.3 Å². The van der Waals surface area contributed by atoms with Crippen molar-refractivity contribution in [1.82, 2.24) is 8.87 Å². The quantitative estimate of drug-likeness (QED) is 0.424. The maximum Gasteiger partial charge on any atom is 0.251 e. The average molecular weight is 370 g/mol. The molecule has 1 aliphatic rings. The Morgan fingerprint density at radius 1 is 1.27 bits per heavy atom. The molecule has 1 atom stereocenters. The maximum atomic E-state index is 12.6. The molecule has 0 bridgehead atoms. The van der Waals surface area contributed by atoms with Crippen LogP contribution in [0.4, 0.5) is 0 Å². The molecular formula is C18H19BN2O4S. The molecule has 0 amide bonds. The fourth-order valence-corrected chi connectivity index (χ4v) is 4.21. The first kappa shape index (κ1) is 18.8. The van der Waals surface area contributed by atoms with Crippen molar-refractivity contribution < 1.29 is 14.1 Å². The summed E-state index contributed by atoms with van der Waals surface area (Å²) in [5.41, 5.74) is 0.508. The number of nitrogens with zero attached hydrogens (tertiary/aromatic N) is 2. The first-order valence-corrected chi connectivity index (χ1v) is 9.44. The van der Waals surface area contributed by atoms with Gasteiger partial charge >= 0.3 is 0 Å².